The summed E-state index contributed by atoms with van der Waals surface area (Å²) in [6, 6.07) is 0. The van der Waals surface area contributed by atoms with Crippen molar-refractivity contribution in [1.82, 2.24) is 10.1 Å². The number of aromatic nitrogens is 2. The molecule has 0 aliphatic carbocycles. The molecule has 5 heteroatoms. The summed E-state index contributed by atoms with van der Waals surface area (Å²) >= 11 is 1.86. The Kier molecular flexibility index (Phi) is 2.86. The summed E-state index contributed by atoms with van der Waals surface area (Å²) in [4.78, 5) is 15.0. The van der Waals surface area contributed by atoms with Gasteiger partial charge >= 0.3 is 0 Å². The monoisotopic (exact) mass is 212 g/mol. The molecule has 0 amide bonds. The molecule has 0 aromatic carbocycles. The predicted octanol–water partition coefficient (Wildman–Crippen LogP) is 1.77. The summed E-state index contributed by atoms with van der Waals surface area (Å²) in [5, 5.41) is 4.27. The maximum Gasteiger partial charge on any atom is 0.234 e. The first-order chi connectivity index (χ1) is 6.75. The van der Waals surface area contributed by atoms with Gasteiger partial charge in [-0.25, -0.2) is 0 Å². The number of Topliss-reactive ketones (excluding diaryl/α,β-unsaturated/α-hetero) is 1. The molecule has 2 heterocycles. The van der Waals surface area contributed by atoms with Crippen LogP contribution in [0.15, 0.2) is 4.52 Å². The van der Waals surface area contributed by atoms with Gasteiger partial charge in [0.15, 0.2) is 5.82 Å². The van der Waals surface area contributed by atoms with E-state index in [2.05, 4.69) is 10.1 Å². The molecular weight excluding hydrogens is 200 g/mol. The Morgan fingerprint density at radius 3 is 3.21 bits per heavy atom. The van der Waals surface area contributed by atoms with Crippen LogP contribution in [0.3, 0.4) is 0 Å². The van der Waals surface area contributed by atoms with Gasteiger partial charge in [-0.1, -0.05) is 5.16 Å². The molecule has 76 valence electrons. The van der Waals surface area contributed by atoms with Crippen LogP contribution >= 0.6 is 11.8 Å². The summed E-state index contributed by atoms with van der Waals surface area (Å²) in [5.74, 6) is 2.42. The fraction of sp³-hybridized carbons (Fsp3) is 0.667. The third kappa shape index (κ3) is 2.15. The fourth-order valence-corrected chi connectivity index (χ4v) is 2.66. The van der Waals surface area contributed by atoms with Crippen molar-refractivity contribution < 1.29 is 9.32 Å². The SMILES string of the molecule is CC(=O)Cc1nc(C2CCCS2)no1. The van der Waals surface area contributed by atoms with Crippen molar-refractivity contribution in [2.75, 3.05) is 5.75 Å². The summed E-state index contributed by atoms with van der Waals surface area (Å²) in [5.41, 5.74) is 0. The number of hydrogen-bond acceptors (Lipinski definition) is 5. The number of carbonyl (C=O) groups excluding carboxylic acids is 1. The lowest BCUT2D eigenvalue weighted by Gasteiger charge is -1.98. The smallest absolute Gasteiger partial charge is 0.234 e. The Morgan fingerprint density at radius 1 is 1.71 bits per heavy atom. The molecule has 0 radical (unpaired) electrons. The molecule has 1 atom stereocenters. The highest BCUT2D eigenvalue weighted by Crippen LogP contribution is 2.38. The molecule has 0 bridgehead atoms. The van der Waals surface area contributed by atoms with Crippen LogP contribution in [0.4, 0.5) is 0 Å². The van der Waals surface area contributed by atoms with Crippen LogP contribution in [-0.2, 0) is 11.2 Å². The van der Waals surface area contributed by atoms with E-state index in [9.17, 15) is 4.79 Å². The van der Waals surface area contributed by atoms with E-state index in [1.807, 2.05) is 11.8 Å². The molecule has 2 rings (SSSR count). The molecule has 0 N–H and O–H groups in total. The second-order valence-electron chi connectivity index (χ2n) is 3.43. The molecular formula is C9H12N2O2S. The highest BCUT2D eigenvalue weighted by molar-refractivity contribution is 7.99. The highest BCUT2D eigenvalue weighted by Gasteiger charge is 2.22. The minimum absolute atomic E-state index is 0.0549. The maximum absolute atomic E-state index is 10.8. The van der Waals surface area contributed by atoms with Crippen molar-refractivity contribution in [3.63, 3.8) is 0 Å². The van der Waals surface area contributed by atoms with Crippen LogP contribution in [-0.4, -0.2) is 21.7 Å². The Balaban J connectivity index is 2.05. The molecule has 0 spiro atoms. The first-order valence-electron chi connectivity index (χ1n) is 4.69. The number of rotatable bonds is 3. The van der Waals surface area contributed by atoms with Gasteiger partial charge in [0.05, 0.1) is 11.7 Å². The van der Waals surface area contributed by atoms with E-state index in [0.717, 1.165) is 12.2 Å². The van der Waals surface area contributed by atoms with E-state index in [-0.39, 0.29) is 12.2 Å². The zero-order valence-electron chi connectivity index (χ0n) is 8.02. The van der Waals surface area contributed by atoms with Gasteiger partial charge in [0.2, 0.25) is 5.89 Å². The summed E-state index contributed by atoms with van der Waals surface area (Å²) in [7, 11) is 0. The lowest BCUT2D eigenvalue weighted by Crippen LogP contribution is -1.97. The van der Waals surface area contributed by atoms with E-state index in [1.165, 1.54) is 19.1 Å². The second-order valence-corrected chi connectivity index (χ2v) is 4.74. The second kappa shape index (κ2) is 4.13. The van der Waals surface area contributed by atoms with Crippen molar-refractivity contribution in [2.45, 2.75) is 31.4 Å². The molecule has 1 fully saturated rings. The van der Waals surface area contributed by atoms with E-state index in [0.29, 0.717) is 11.1 Å². The Bertz CT molecular complexity index is 331. The normalized spacial score (nSPS) is 21.4. The van der Waals surface area contributed by atoms with Crippen molar-refractivity contribution in [1.29, 1.82) is 0 Å². The zero-order chi connectivity index (χ0) is 9.97. The van der Waals surface area contributed by atoms with Gasteiger partial charge in [-0.3, -0.25) is 4.79 Å². The van der Waals surface area contributed by atoms with Crippen molar-refractivity contribution in [3.8, 4) is 0 Å². The third-order valence-corrected chi connectivity index (χ3v) is 3.47. The Labute approximate surface area is 86.4 Å². The van der Waals surface area contributed by atoms with Gasteiger partial charge in [-0.05, 0) is 25.5 Å². The molecule has 1 saturated heterocycles. The summed E-state index contributed by atoms with van der Waals surface area (Å²) in [6.07, 6.45) is 2.58. The zero-order valence-corrected chi connectivity index (χ0v) is 8.84. The molecule has 14 heavy (non-hydrogen) atoms. The van der Waals surface area contributed by atoms with Gasteiger partial charge in [0.25, 0.3) is 0 Å². The van der Waals surface area contributed by atoms with E-state index >= 15 is 0 Å². The quantitative estimate of drug-likeness (QED) is 0.764. The van der Waals surface area contributed by atoms with E-state index in [4.69, 9.17) is 4.52 Å². The minimum Gasteiger partial charge on any atom is -0.339 e. The molecule has 1 unspecified atom stereocenters. The standard InChI is InChI=1S/C9H12N2O2S/c1-6(12)5-8-10-9(11-13-8)7-3-2-4-14-7/h7H,2-5H2,1H3. The van der Waals surface area contributed by atoms with Gasteiger partial charge in [0.1, 0.15) is 5.78 Å². The van der Waals surface area contributed by atoms with Crippen LogP contribution in [0, 0.1) is 0 Å². The topological polar surface area (TPSA) is 56.0 Å². The van der Waals surface area contributed by atoms with Crippen molar-refractivity contribution in [3.05, 3.63) is 11.7 Å². The fourth-order valence-electron chi connectivity index (χ4n) is 1.46. The van der Waals surface area contributed by atoms with Gasteiger partial charge in [-0.15, -0.1) is 0 Å². The van der Waals surface area contributed by atoms with Gasteiger partial charge < -0.3 is 4.52 Å². The number of hydrogen-bond donors (Lipinski definition) is 0. The van der Waals surface area contributed by atoms with Crippen molar-refractivity contribution >= 4 is 17.5 Å². The number of carbonyl (C=O) groups is 1. The predicted molar refractivity (Wildman–Crippen MR) is 53.1 cm³/mol. The number of nitrogens with zero attached hydrogens (tertiary/aromatic N) is 2. The number of thioether (sulfide) groups is 1. The average molecular weight is 212 g/mol. The summed E-state index contributed by atoms with van der Waals surface area (Å²) in [6.45, 7) is 1.52. The molecule has 4 nitrogen and oxygen atoms in total. The summed E-state index contributed by atoms with van der Waals surface area (Å²) < 4.78 is 4.99. The lowest BCUT2D eigenvalue weighted by atomic mass is 10.2. The maximum atomic E-state index is 10.8. The van der Waals surface area contributed by atoms with Crippen LogP contribution in [0.2, 0.25) is 0 Å². The first kappa shape index (κ1) is 9.71. The number of ketones is 1. The van der Waals surface area contributed by atoms with Crippen LogP contribution in [0.5, 0.6) is 0 Å². The van der Waals surface area contributed by atoms with Crippen molar-refractivity contribution in [2.24, 2.45) is 0 Å². The highest BCUT2D eigenvalue weighted by atomic mass is 32.2. The molecule has 1 aliphatic rings. The first-order valence-corrected chi connectivity index (χ1v) is 5.74. The Morgan fingerprint density at radius 2 is 2.57 bits per heavy atom. The van der Waals surface area contributed by atoms with Gasteiger partial charge in [0, 0.05) is 0 Å². The molecule has 1 aromatic heterocycles. The van der Waals surface area contributed by atoms with Crippen LogP contribution < -0.4 is 0 Å². The molecule has 0 saturated carbocycles. The van der Waals surface area contributed by atoms with Crippen LogP contribution in [0.1, 0.15) is 36.7 Å². The largest absolute Gasteiger partial charge is 0.339 e. The Hall–Kier alpha value is -0.840. The minimum atomic E-state index is 0.0549. The van der Waals surface area contributed by atoms with E-state index < -0.39 is 0 Å². The molecule has 1 aromatic rings. The molecule has 1 aliphatic heterocycles. The third-order valence-electron chi connectivity index (χ3n) is 2.10. The average Bonchev–Trinajstić information content (AvgIpc) is 2.69. The van der Waals surface area contributed by atoms with E-state index in [1.54, 1.807) is 0 Å². The van der Waals surface area contributed by atoms with Gasteiger partial charge in [-0.2, -0.15) is 16.7 Å². The lowest BCUT2D eigenvalue weighted by molar-refractivity contribution is -0.116. The van der Waals surface area contributed by atoms with Crippen LogP contribution in [0.25, 0.3) is 0 Å².